The van der Waals surface area contributed by atoms with E-state index in [0.717, 1.165) is 37.7 Å². The molecule has 0 aromatic heterocycles. The molecule has 164 valence electrons. The molecule has 6 nitrogen and oxygen atoms in total. The summed E-state index contributed by atoms with van der Waals surface area (Å²) in [6, 6.07) is 6.67. The van der Waals surface area contributed by atoms with Crippen LogP contribution in [0.25, 0.3) is 0 Å². The van der Waals surface area contributed by atoms with Crippen LogP contribution in [-0.2, 0) is 23.8 Å². The Kier molecular flexibility index (Phi) is 9.79. The van der Waals surface area contributed by atoms with Gasteiger partial charge in [0.05, 0.1) is 23.7 Å². The molecule has 0 radical (unpaired) electrons. The molecule has 0 spiro atoms. The standard InChI is InChI=1S/C22H34O6S/c1-17-9-11-22(12-10-17)29(24,25)28-15-20-14-21(27-16-26-3)13-19(20)8-6-4-5-7-18(2)23/h6,8-12,18-21,23H,4-5,7,13-16H2,1-3H3/b8-6+/t18-,19+,20-,21-/m0/s1. The van der Waals surface area contributed by atoms with Gasteiger partial charge < -0.3 is 14.6 Å². The lowest BCUT2D eigenvalue weighted by atomic mass is 9.96. The Morgan fingerprint density at radius 2 is 1.97 bits per heavy atom. The fourth-order valence-electron chi connectivity index (χ4n) is 3.58. The van der Waals surface area contributed by atoms with Crippen LogP contribution < -0.4 is 0 Å². The third kappa shape index (κ3) is 8.18. The van der Waals surface area contributed by atoms with Crippen LogP contribution in [-0.4, -0.2) is 46.2 Å². The molecule has 1 N–H and O–H groups in total. The van der Waals surface area contributed by atoms with E-state index in [4.69, 9.17) is 13.7 Å². The van der Waals surface area contributed by atoms with Crippen LogP contribution >= 0.6 is 0 Å². The Labute approximate surface area is 175 Å². The lowest BCUT2D eigenvalue weighted by molar-refractivity contribution is -0.0706. The molecule has 1 saturated carbocycles. The number of aryl methyl sites for hydroxylation is 1. The smallest absolute Gasteiger partial charge is 0.296 e. The summed E-state index contributed by atoms with van der Waals surface area (Å²) in [6.07, 6.45) is 8.14. The molecule has 1 fully saturated rings. The van der Waals surface area contributed by atoms with Crippen molar-refractivity contribution in [1.82, 2.24) is 0 Å². The zero-order valence-corrected chi connectivity index (χ0v) is 18.4. The van der Waals surface area contributed by atoms with Crippen molar-refractivity contribution in [2.24, 2.45) is 11.8 Å². The quantitative estimate of drug-likeness (QED) is 0.237. The largest absolute Gasteiger partial charge is 0.393 e. The first-order valence-corrected chi connectivity index (χ1v) is 11.6. The molecule has 4 atom stereocenters. The predicted molar refractivity (Wildman–Crippen MR) is 112 cm³/mol. The Morgan fingerprint density at radius 3 is 2.62 bits per heavy atom. The van der Waals surface area contributed by atoms with E-state index in [1.54, 1.807) is 38.3 Å². The van der Waals surface area contributed by atoms with Crippen LogP contribution in [0, 0.1) is 18.8 Å². The SMILES string of the molecule is COCO[C@@H]1C[C@@H](COS(=O)(=O)c2ccc(C)cc2)[C@H](/C=C/CCC[C@H](C)O)C1. The molecule has 1 aromatic carbocycles. The van der Waals surface area contributed by atoms with Crippen molar-refractivity contribution in [1.29, 1.82) is 0 Å². The van der Waals surface area contributed by atoms with Gasteiger partial charge in [-0.05, 0) is 69.9 Å². The third-order valence-corrected chi connectivity index (χ3v) is 6.55. The van der Waals surface area contributed by atoms with E-state index in [-0.39, 0.29) is 42.3 Å². The average molecular weight is 427 g/mol. The van der Waals surface area contributed by atoms with Gasteiger partial charge in [0.2, 0.25) is 0 Å². The second kappa shape index (κ2) is 11.8. The minimum atomic E-state index is -3.78. The number of aliphatic hydroxyl groups excluding tert-OH is 1. The molecule has 0 unspecified atom stereocenters. The monoisotopic (exact) mass is 426 g/mol. The summed E-state index contributed by atoms with van der Waals surface area (Å²) in [6.45, 7) is 4.06. The molecule has 7 heteroatoms. The van der Waals surface area contributed by atoms with Gasteiger partial charge in [-0.2, -0.15) is 8.42 Å². The maximum Gasteiger partial charge on any atom is 0.296 e. The first kappa shape index (κ1) is 24.0. The van der Waals surface area contributed by atoms with Crippen LogP contribution in [0.3, 0.4) is 0 Å². The number of rotatable bonds is 12. The van der Waals surface area contributed by atoms with Crippen molar-refractivity contribution in [3.05, 3.63) is 42.0 Å². The summed E-state index contributed by atoms with van der Waals surface area (Å²) in [4.78, 5) is 0.179. The van der Waals surface area contributed by atoms with E-state index < -0.39 is 10.1 Å². The van der Waals surface area contributed by atoms with Gasteiger partial charge in [-0.1, -0.05) is 29.8 Å². The van der Waals surface area contributed by atoms with Crippen LogP contribution in [0.1, 0.15) is 44.6 Å². The second-order valence-corrected chi connectivity index (χ2v) is 9.47. The van der Waals surface area contributed by atoms with Crippen molar-refractivity contribution in [2.45, 2.75) is 63.1 Å². The average Bonchev–Trinajstić information content (AvgIpc) is 3.06. The summed E-state index contributed by atoms with van der Waals surface area (Å²) in [5, 5.41) is 9.35. The van der Waals surface area contributed by atoms with Gasteiger partial charge in [0, 0.05) is 7.11 Å². The topological polar surface area (TPSA) is 82.1 Å². The highest BCUT2D eigenvalue weighted by Gasteiger charge is 2.34. The molecule has 0 aliphatic heterocycles. The normalized spacial score (nSPS) is 23.7. The van der Waals surface area contributed by atoms with Crippen molar-refractivity contribution in [3.63, 3.8) is 0 Å². The molecule has 0 saturated heterocycles. The molecular formula is C22H34O6S. The minimum absolute atomic E-state index is 0.0257. The maximum absolute atomic E-state index is 12.5. The molecule has 0 heterocycles. The Balaban J connectivity index is 1.96. The van der Waals surface area contributed by atoms with E-state index in [9.17, 15) is 13.5 Å². The fourth-order valence-corrected chi connectivity index (χ4v) is 4.54. The highest BCUT2D eigenvalue weighted by Crippen LogP contribution is 2.36. The first-order chi connectivity index (χ1) is 13.8. The van der Waals surface area contributed by atoms with E-state index in [2.05, 4.69) is 12.2 Å². The summed E-state index contributed by atoms with van der Waals surface area (Å²) in [5.74, 6) is 0.252. The lowest BCUT2D eigenvalue weighted by Crippen LogP contribution is -2.17. The molecule has 1 aliphatic carbocycles. The van der Waals surface area contributed by atoms with Gasteiger partial charge in [0.1, 0.15) is 6.79 Å². The van der Waals surface area contributed by atoms with Crippen LogP contribution in [0.15, 0.2) is 41.3 Å². The lowest BCUT2D eigenvalue weighted by Gasteiger charge is -2.16. The van der Waals surface area contributed by atoms with Gasteiger partial charge in [-0.25, -0.2) is 0 Å². The Morgan fingerprint density at radius 1 is 1.24 bits per heavy atom. The number of aliphatic hydroxyl groups is 1. The number of hydrogen-bond donors (Lipinski definition) is 1. The number of allylic oxidation sites excluding steroid dienone is 2. The summed E-state index contributed by atoms with van der Waals surface area (Å²) < 4.78 is 41.1. The molecule has 0 amide bonds. The van der Waals surface area contributed by atoms with E-state index in [1.165, 1.54) is 0 Å². The summed E-state index contributed by atoms with van der Waals surface area (Å²) in [7, 11) is -2.19. The van der Waals surface area contributed by atoms with E-state index in [0.29, 0.717) is 0 Å². The molecule has 1 aliphatic rings. The molecular weight excluding hydrogens is 392 g/mol. The van der Waals surface area contributed by atoms with Crippen LogP contribution in [0.4, 0.5) is 0 Å². The van der Waals surface area contributed by atoms with Crippen LogP contribution in [0.5, 0.6) is 0 Å². The summed E-state index contributed by atoms with van der Waals surface area (Å²) >= 11 is 0. The van der Waals surface area contributed by atoms with Crippen molar-refractivity contribution < 1.29 is 27.2 Å². The Hall–Kier alpha value is -1.25. The molecule has 1 aromatic rings. The molecule has 2 rings (SSSR count). The highest BCUT2D eigenvalue weighted by molar-refractivity contribution is 7.86. The minimum Gasteiger partial charge on any atom is -0.393 e. The number of ether oxygens (including phenoxy) is 2. The van der Waals surface area contributed by atoms with Crippen molar-refractivity contribution in [3.8, 4) is 0 Å². The van der Waals surface area contributed by atoms with E-state index >= 15 is 0 Å². The summed E-state index contributed by atoms with van der Waals surface area (Å²) in [5.41, 5.74) is 0.999. The van der Waals surface area contributed by atoms with Gasteiger partial charge in [-0.15, -0.1) is 0 Å². The number of hydrogen-bond acceptors (Lipinski definition) is 6. The predicted octanol–water partition coefficient (Wildman–Crippen LogP) is 3.82. The van der Waals surface area contributed by atoms with E-state index in [1.807, 2.05) is 6.92 Å². The molecule has 29 heavy (non-hydrogen) atoms. The number of benzene rings is 1. The third-order valence-electron chi connectivity index (χ3n) is 5.25. The fraction of sp³-hybridized carbons (Fsp3) is 0.636. The van der Waals surface area contributed by atoms with Gasteiger partial charge in [0.15, 0.2) is 0 Å². The van der Waals surface area contributed by atoms with Gasteiger partial charge in [0.25, 0.3) is 10.1 Å². The highest BCUT2D eigenvalue weighted by atomic mass is 32.2. The van der Waals surface area contributed by atoms with Crippen molar-refractivity contribution >= 4 is 10.1 Å². The van der Waals surface area contributed by atoms with Gasteiger partial charge >= 0.3 is 0 Å². The van der Waals surface area contributed by atoms with Crippen molar-refractivity contribution in [2.75, 3.05) is 20.5 Å². The maximum atomic E-state index is 12.5. The van der Waals surface area contributed by atoms with Crippen LogP contribution in [0.2, 0.25) is 0 Å². The zero-order chi connectivity index (χ0) is 21.3. The Bertz CT molecular complexity index is 726. The van der Waals surface area contributed by atoms with Gasteiger partial charge in [-0.3, -0.25) is 4.18 Å². The first-order valence-electron chi connectivity index (χ1n) is 10.2. The molecule has 0 bridgehead atoms. The number of unbranched alkanes of at least 4 members (excludes halogenated alkanes) is 1. The number of methoxy groups -OCH3 is 1. The second-order valence-electron chi connectivity index (χ2n) is 7.85. The zero-order valence-electron chi connectivity index (χ0n) is 17.6.